The first-order chi connectivity index (χ1) is 11.6. The van der Waals surface area contributed by atoms with Crippen molar-refractivity contribution >= 4 is 11.6 Å². The fourth-order valence-corrected chi connectivity index (χ4v) is 2.03. The van der Waals surface area contributed by atoms with Gasteiger partial charge in [0.2, 0.25) is 0 Å². The fraction of sp³-hybridized carbons (Fsp3) is 0.0667. The summed E-state index contributed by atoms with van der Waals surface area (Å²) in [7, 11) is 0. The van der Waals surface area contributed by atoms with Crippen molar-refractivity contribution in [2.24, 2.45) is 0 Å². The maximum absolute atomic E-state index is 12.4. The van der Waals surface area contributed by atoms with Crippen LogP contribution in [0.3, 0.4) is 0 Å². The summed E-state index contributed by atoms with van der Waals surface area (Å²) in [6, 6.07) is 12.5. The molecule has 0 radical (unpaired) electrons. The maximum atomic E-state index is 12.4. The molecule has 3 aromatic rings. The number of alkyl halides is 2. The van der Waals surface area contributed by atoms with Crippen LogP contribution in [0.5, 0.6) is 5.75 Å². The predicted molar refractivity (Wildman–Crippen MR) is 80.2 cm³/mol. The number of anilines is 1. The van der Waals surface area contributed by atoms with Crippen molar-refractivity contribution < 1.29 is 18.3 Å². The van der Waals surface area contributed by atoms with E-state index in [1.54, 1.807) is 30.3 Å². The molecule has 0 saturated heterocycles. The summed E-state index contributed by atoms with van der Waals surface area (Å²) >= 11 is 0. The van der Waals surface area contributed by atoms with Gasteiger partial charge in [-0.2, -0.15) is 8.78 Å². The van der Waals surface area contributed by atoms with E-state index in [-0.39, 0.29) is 11.3 Å². The molecule has 0 aliphatic heterocycles. The van der Waals surface area contributed by atoms with Crippen LogP contribution >= 0.6 is 0 Å². The van der Waals surface area contributed by atoms with E-state index in [1.807, 2.05) is 0 Å². The Hall–Kier alpha value is -3.36. The van der Waals surface area contributed by atoms with Crippen LogP contribution in [0.25, 0.3) is 5.69 Å². The summed E-state index contributed by atoms with van der Waals surface area (Å²) in [5.41, 5.74) is 1.21. The second-order valence-electron chi connectivity index (χ2n) is 4.63. The van der Waals surface area contributed by atoms with Crippen molar-refractivity contribution in [3.8, 4) is 11.4 Å². The molecule has 1 aromatic heterocycles. The van der Waals surface area contributed by atoms with Crippen LogP contribution in [0.1, 0.15) is 10.4 Å². The molecule has 0 bridgehead atoms. The van der Waals surface area contributed by atoms with Crippen molar-refractivity contribution in [3.05, 3.63) is 60.4 Å². The molecule has 1 amide bonds. The van der Waals surface area contributed by atoms with Crippen LogP contribution in [-0.4, -0.2) is 32.7 Å². The molecule has 3 rings (SSSR count). The highest BCUT2D eigenvalue weighted by molar-refractivity contribution is 6.06. The standard InChI is InChI=1S/C15H11F2N5O2/c16-15(17)24-13-4-2-1-3-12(13)14(23)19-10-5-7-11(8-6-10)22-9-18-20-21-22/h1-9,15H,(H,19,23). The minimum absolute atomic E-state index is 0.0161. The third-order valence-electron chi connectivity index (χ3n) is 3.09. The molecule has 0 saturated carbocycles. The number of nitrogens with zero attached hydrogens (tertiary/aromatic N) is 4. The quantitative estimate of drug-likeness (QED) is 0.777. The van der Waals surface area contributed by atoms with E-state index >= 15 is 0 Å². The van der Waals surface area contributed by atoms with Gasteiger partial charge in [0.25, 0.3) is 5.91 Å². The lowest BCUT2D eigenvalue weighted by Crippen LogP contribution is -2.15. The molecule has 0 aliphatic carbocycles. The molecule has 2 aromatic carbocycles. The Kier molecular flexibility index (Phi) is 4.41. The summed E-state index contributed by atoms with van der Waals surface area (Å²) in [6.07, 6.45) is 1.44. The second-order valence-corrected chi connectivity index (χ2v) is 4.63. The van der Waals surface area contributed by atoms with Crippen LogP contribution in [0.2, 0.25) is 0 Å². The van der Waals surface area contributed by atoms with Crippen LogP contribution in [0, 0.1) is 0 Å². The largest absolute Gasteiger partial charge is 0.434 e. The highest BCUT2D eigenvalue weighted by atomic mass is 19.3. The second kappa shape index (κ2) is 6.82. The zero-order valence-corrected chi connectivity index (χ0v) is 12.1. The highest BCUT2D eigenvalue weighted by Gasteiger charge is 2.15. The van der Waals surface area contributed by atoms with Gasteiger partial charge in [-0.3, -0.25) is 4.79 Å². The summed E-state index contributed by atoms with van der Waals surface area (Å²) < 4.78 is 30.6. The summed E-state index contributed by atoms with van der Waals surface area (Å²) in [6.45, 7) is -3.01. The van der Waals surface area contributed by atoms with E-state index in [1.165, 1.54) is 29.2 Å². The van der Waals surface area contributed by atoms with Gasteiger partial charge in [0.05, 0.1) is 11.3 Å². The van der Waals surface area contributed by atoms with Crippen molar-refractivity contribution in [1.29, 1.82) is 0 Å². The van der Waals surface area contributed by atoms with Gasteiger partial charge in [-0.25, -0.2) is 4.68 Å². The number of amides is 1. The molecule has 0 spiro atoms. The molecular weight excluding hydrogens is 320 g/mol. The summed E-state index contributed by atoms with van der Waals surface area (Å²) in [5.74, 6) is -0.739. The van der Waals surface area contributed by atoms with Gasteiger partial charge in [0.1, 0.15) is 12.1 Å². The minimum Gasteiger partial charge on any atom is -0.434 e. The fourth-order valence-electron chi connectivity index (χ4n) is 2.03. The Balaban J connectivity index is 1.75. The Morgan fingerprint density at radius 3 is 2.54 bits per heavy atom. The molecule has 0 atom stereocenters. The number of ether oxygens (including phenoxy) is 1. The third kappa shape index (κ3) is 3.51. The Morgan fingerprint density at radius 2 is 1.88 bits per heavy atom. The lowest BCUT2D eigenvalue weighted by Gasteiger charge is -2.11. The molecule has 0 fully saturated rings. The maximum Gasteiger partial charge on any atom is 0.387 e. The van der Waals surface area contributed by atoms with Crippen molar-refractivity contribution in [1.82, 2.24) is 20.2 Å². The Bertz CT molecular complexity index is 822. The summed E-state index contributed by atoms with van der Waals surface area (Å²) in [5, 5.41) is 13.4. The number of para-hydroxylation sites is 1. The van der Waals surface area contributed by atoms with Crippen LogP contribution < -0.4 is 10.1 Å². The van der Waals surface area contributed by atoms with Crippen molar-refractivity contribution in [3.63, 3.8) is 0 Å². The first-order valence-corrected chi connectivity index (χ1v) is 6.82. The molecular formula is C15H11F2N5O2. The smallest absolute Gasteiger partial charge is 0.387 e. The number of rotatable bonds is 5. The number of benzene rings is 2. The van der Waals surface area contributed by atoms with Crippen LogP contribution in [0.4, 0.5) is 14.5 Å². The number of nitrogens with one attached hydrogen (secondary N) is 1. The van der Waals surface area contributed by atoms with E-state index in [2.05, 4.69) is 25.6 Å². The van der Waals surface area contributed by atoms with E-state index in [0.29, 0.717) is 11.4 Å². The number of hydrogen-bond donors (Lipinski definition) is 1. The number of carbonyl (C=O) groups excluding carboxylic acids is 1. The number of hydrogen-bond acceptors (Lipinski definition) is 5. The molecule has 1 heterocycles. The Labute approximate surface area is 134 Å². The first-order valence-electron chi connectivity index (χ1n) is 6.82. The zero-order chi connectivity index (χ0) is 16.9. The third-order valence-corrected chi connectivity index (χ3v) is 3.09. The molecule has 1 N–H and O–H groups in total. The van der Waals surface area contributed by atoms with E-state index in [0.717, 1.165) is 0 Å². The van der Waals surface area contributed by atoms with Crippen LogP contribution in [0.15, 0.2) is 54.9 Å². The van der Waals surface area contributed by atoms with Gasteiger partial charge in [-0.1, -0.05) is 12.1 Å². The van der Waals surface area contributed by atoms with E-state index < -0.39 is 12.5 Å². The van der Waals surface area contributed by atoms with Gasteiger partial charge in [0.15, 0.2) is 0 Å². The normalized spacial score (nSPS) is 10.6. The topological polar surface area (TPSA) is 81.9 Å². The molecule has 122 valence electrons. The molecule has 0 unspecified atom stereocenters. The van der Waals surface area contributed by atoms with Gasteiger partial charge in [-0.05, 0) is 46.8 Å². The van der Waals surface area contributed by atoms with Crippen LogP contribution in [-0.2, 0) is 0 Å². The minimum atomic E-state index is -3.01. The number of halogens is 2. The summed E-state index contributed by atoms with van der Waals surface area (Å²) in [4.78, 5) is 12.3. The van der Waals surface area contributed by atoms with Crippen molar-refractivity contribution in [2.75, 3.05) is 5.32 Å². The number of tetrazole rings is 1. The average molecular weight is 331 g/mol. The van der Waals surface area contributed by atoms with E-state index in [9.17, 15) is 13.6 Å². The average Bonchev–Trinajstić information content (AvgIpc) is 3.10. The molecule has 0 aliphatic rings. The number of aromatic nitrogens is 4. The highest BCUT2D eigenvalue weighted by Crippen LogP contribution is 2.22. The van der Waals surface area contributed by atoms with Gasteiger partial charge >= 0.3 is 6.61 Å². The predicted octanol–water partition coefficient (Wildman–Crippen LogP) is 2.52. The van der Waals surface area contributed by atoms with Gasteiger partial charge < -0.3 is 10.1 Å². The molecule has 7 nitrogen and oxygen atoms in total. The molecule has 24 heavy (non-hydrogen) atoms. The number of carbonyl (C=O) groups is 1. The van der Waals surface area contributed by atoms with Gasteiger partial charge in [0, 0.05) is 5.69 Å². The SMILES string of the molecule is O=C(Nc1ccc(-n2cnnn2)cc1)c1ccccc1OC(F)F. The lowest BCUT2D eigenvalue weighted by atomic mass is 10.2. The zero-order valence-electron chi connectivity index (χ0n) is 12.1. The first kappa shape index (κ1) is 15.5. The monoisotopic (exact) mass is 331 g/mol. The van der Waals surface area contributed by atoms with E-state index in [4.69, 9.17) is 0 Å². The molecule has 9 heteroatoms. The van der Waals surface area contributed by atoms with Crippen molar-refractivity contribution in [2.45, 2.75) is 6.61 Å². The lowest BCUT2D eigenvalue weighted by molar-refractivity contribution is -0.0501. The van der Waals surface area contributed by atoms with Gasteiger partial charge in [-0.15, -0.1) is 5.10 Å². The Morgan fingerprint density at radius 1 is 1.12 bits per heavy atom.